The minimum absolute atomic E-state index is 0.204. The van der Waals surface area contributed by atoms with Crippen LogP contribution in [0.15, 0.2) is 97.1 Å². The molecule has 1 aliphatic carbocycles. The van der Waals surface area contributed by atoms with Crippen LogP contribution in [0.25, 0.3) is 32.3 Å². The van der Waals surface area contributed by atoms with Crippen molar-refractivity contribution in [3.05, 3.63) is 119 Å². The van der Waals surface area contributed by atoms with Crippen LogP contribution in [0.5, 0.6) is 23.0 Å². The molecule has 0 spiro atoms. The van der Waals surface area contributed by atoms with E-state index in [1.165, 1.54) is 0 Å². The molecule has 4 nitrogen and oxygen atoms in total. The van der Waals surface area contributed by atoms with Crippen LogP contribution in [0.4, 0.5) is 0 Å². The van der Waals surface area contributed by atoms with E-state index in [-0.39, 0.29) is 11.5 Å². The van der Waals surface area contributed by atoms with Gasteiger partial charge in [0, 0.05) is 11.1 Å². The van der Waals surface area contributed by atoms with Crippen molar-refractivity contribution in [2.45, 2.75) is 11.2 Å². The van der Waals surface area contributed by atoms with Gasteiger partial charge in [-0.2, -0.15) is 0 Å². The van der Waals surface area contributed by atoms with Crippen LogP contribution in [-0.4, -0.2) is 10.2 Å². The fourth-order valence-electron chi connectivity index (χ4n) is 7.10. The molecule has 0 amide bonds. The molecule has 170 valence electrons. The Morgan fingerprint density at radius 3 is 1.81 bits per heavy atom. The smallest absolute Gasteiger partial charge is 0.212 e. The number of rotatable bonds is 0. The summed E-state index contributed by atoms with van der Waals surface area (Å²) in [5.74, 6) is 1.94. The van der Waals surface area contributed by atoms with Gasteiger partial charge in [0.2, 0.25) is 11.2 Å². The summed E-state index contributed by atoms with van der Waals surface area (Å²) in [4.78, 5) is 0. The Hall–Kier alpha value is -4.70. The van der Waals surface area contributed by atoms with E-state index in [1.807, 2.05) is 42.5 Å². The molecule has 9 rings (SSSR count). The first-order valence-electron chi connectivity index (χ1n) is 12.0. The summed E-state index contributed by atoms with van der Waals surface area (Å²) < 4.78 is 14.3. The standard InChI is InChI=1S/C32H18O4/c33-20-11-12-22-19(15-20)9-14-26-29(22)31-24-5-1-3-18-4-2-6-25(28(18)24)32(31,35-26)30-23-16-21(34)10-7-17(23)8-13-27(30)36-31/h1-16,33-34H. The van der Waals surface area contributed by atoms with Crippen LogP contribution in [0, 0.1) is 0 Å². The molecule has 2 atom stereocenters. The van der Waals surface area contributed by atoms with Crippen LogP contribution >= 0.6 is 0 Å². The molecule has 6 aromatic carbocycles. The summed E-state index contributed by atoms with van der Waals surface area (Å²) in [7, 11) is 0. The van der Waals surface area contributed by atoms with E-state index in [1.54, 1.807) is 18.2 Å². The summed E-state index contributed by atoms with van der Waals surface area (Å²) in [6.45, 7) is 0. The molecule has 0 saturated carbocycles. The summed E-state index contributed by atoms with van der Waals surface area (Å²) in [6.07, 6.45) is 0. The van der Waals surface area contributed by atoms with Gasteiger partial charge in [-0.25, -0.2) is 0 Å². The first-order chi connectivity index (χ1) is 17.6. The van der Waals surface area contributed by atoms with E-state index in [2.05, 4.69) is 36.4 Å². The molecule has 4 heteroatoms. The third kappa shape index (κ3) is 1.80. The summed E-state index contributed by atoms with van der Waals surface area (Å²) >= 11 is 0. The minimum Gasteiger partial charge on any atom is -0.508 e. The number of benzene rings is 6. The van der Waals surface area contributed by atoms with Gasteiger partial charge in [-0.3, -0.25) is 0 Å². The van der Waals surface area contributed by atoms with Gasteiger partial charge in [-0.1, -0.05) is 60.7 Å². The molecular formula is C32H18O4. The van der Waals surface area contributed by atoms with Crippen LogP contribution in [0.2, 0.25) is 0 Å². The molecule has 0 aromatic heterocycles. The molecular weight excluding hydrogens is 448 g/mol. The predicted molar refractivity (Wildman–Crippen MR) is 138 cm³/mol. The molecule has 36 heavy (non-hydrogen) atoms. The Labute approximate surface area is 205 Å². The van der Waals surface area contributed by atoms with E-state index in [0.717, 1.165) is 66.1 Å². The Bertz CT molecular complexity index is 1990. The average molecular weight is 466 g/mol. The highest BCUT2D eigenvalue weighted by Crippen LogP contribution is 2.73. The monoisotopic (exact) mass is 466 g/mol. The normalized spacial score (nSPS) is 22.2. The molecule has 2 aliphatic heterocycles. The maximum atomic E-state index is 10.5. The van der Waals surface area contributed by atoms with Gasteiger partial charge in [0.15, 0.2) is 0 Å². The zero-order valence-electron chi connectivity index (χ0n) is 18.9. The molecule has 0 bridgehead atoms. The lowest BCUT2D eigenvalue weighted by Crippen LogP contribution is -2.46. The zero-order chi connectivity index (χ0) is 23.8. The van der Waals surface area contributed by atoms with Gasteiger partial charge in [0.25, 0.3) is 0 Å². The fourth-order valence-corrected chi connectivity index (χ4v) is 7.10. The highest BCUT2D eigenvalue weighted by Gasteiger charge is 2.74. The van der Waals surface area contributed by atoms with Crippen LogP contribution in [0.3, 0.4) is 0 Å². The van der Waals surface area contributed by atoms with Crippen molar-refractivity contribution in [1.29, 1.82) is 0 Å². The van der Waals surface area contributed by atoms with E-state index in [0.29, 0.717) is 0 Å². The quantitative estimate of drug-likeness (QED) is 0.257. The number of ether oxygens (including phenoxy) is 2. The van der Waals surface area contributed by atoms with Crippen molar-refractivity contribution in [2.75, 3.05) is 0 Å². The van der Waals surface area contributed by atoms with Gasteiger partial charge in [-0.15, -0.1) is 0 Å². The fraction of sp³-hybridized carbons (Fsp3) is 0.0625. The molecule has 2 N–H and O–H groups in total. The van der Waals surface area contributed by atoms with Crippen molar-refractivity contribution >= 4 is 32.3 Å². The van der Waals surface area contributed by atoms with Crippen molar-refractivity contribution in [2.24, 2.45) is 0 Å². The number of phenolic OH excluding ortho intramolecular Hbond substituents is 2. The first kappa shape index (κ1) is 18.6. The third-order valence-electron chi connectivity index (χ3n) is 8.32. The highest BCUT2D eigenvalue weighted by molar-refractivity contribution is 6.03. The molecule has 3 aliphatic rings. The second-order valence-electron chi connectivity index (χ2n) is 9.96. The van der Waals surface area contributed by atoms with Crippen LogP contribution < -0.4 is 9.47 Å². The largest absolute Gasteiger partial charge is 0.508 e. The van der Waals surface area contributed by atoms with Crippen molar-refractivity contribution < 1.29 is 19.7 Å². The lowest BCUT2D eigenvalue weighted by Gasteiger charge is -2.34. The van der Waals surface area contributed by atoms with Crippen LogP contribution in [0.1, 0.15) is 22.3 Å². The van der Waals surface area contributed by atoms with E-state index in [4.69, 9.17) is 9.47 Å². The molecule has 2 unspecified atom stereocenters. The van der Waals surface area contributed by atoms with E-state index < -0.39 is 11.2 Å². The molecule has 0 fully saturated rings. The summed E-state index contributed by atoms with van der Waals surface area (Å²) in [5, 5.41) is 26.8. The number of aromatic hydroxyl groups is 2. The number of hydrogen-bond donors (Lipinski definition) is 2. The van der Waals surface area contributed by atoms with Crippen molar-refractivity contribution in [3.63, 3.8) is 0 Å². The lowest BCUT2D eigenvalue weighted by atomic mass is 9.73. The maximum absolute atomic E-state index is 10.5. The van der Waals surface area contributed by atoms with Gasteiger partial charge >= 0.3 is 0 Å². The Balaban J connectivity index is 1.53. The van der Waals surface area contributed by atoms with Gasteiger partial charge in [0.05, 0.1) is 11.1 Å². The van der Waals surface area contributed by atoms with Gasteiger partial charge in [0.1, 0.15) is 23.0 Å². The zero-order valence-corrected chi connectivity index (χ0v) is 18.9. The van der Waals surface area contributed by atoms with Gasteiger partial charge in [-0.05, 0) is 68.7 Å². The van der Waals surface area contributed by atoms with Crippen molar-refractivity contribution in [1.82, 2.24) is 0 Å². The van der Waals surface area contributed by atoms with E-state index in [9.17, 15) is 10.2 Å². The summed E-state index contributed by atoms with van der Waals surface area (Å²) in [5.41, 5.74) is 2.11. The lowest BCUT2D eigenvalue weighted by molar-refractivity contribution is -0.00417. The molecule has 0 saturated heterocycles. The highest BCUT2D eigenvalue weighted by atomic mass is 16.6. The first-order valence-corrected chi connectivity index (χ1v) is 12.0. The number of hydrogen-bond acceptors (Lipinski definition) is 4. The van der Waals surface area contributed by atoms with Crippen molar-refractivity contribution in [3.8, 4) is 23.0 Å². The minimum atomic E-state index is -0.965. The Morgan fingerprint density at radius 1 is 0.500 bits per heavy atom. The Morgan fingerprint density at radius 2 is 1.08 bits per heavy atom. The van der Waals surface area contributed by atoms with Crippen LogP contribution in [-0.2, 0) is 11.2 Å². The average Bonchev–Trinajstić information content (AvgIpc) is 3.43. The second-order valence-corrected chi connectivity index (χ2v) is 9.96. The number of phenols is 2. The molecule has 0 radical (unpaired) electrons. The molecule has 6 aromatic rings. The predicted octanol–water partition coefficient (Wildman–Crippen LogP) is 6.84. The van der Waals surface area contributed by atoms with E-state index >= 15 is 0 Å². The third-order valence-corrected chi connectivity index (χ3v) is 8.32. The summed E-state index contributed by atoms with van der Waals surface area (Å²) in [6, 6.07) is 31.7. The topological polar surface area (TPSA) is 58.9 Å². The SMILES string of the molecule is Oc1ccc2c3c(ccc2c1)OC12c4c(ccc5ccc(O)cc45)OC31c1cccc3cccc2c13. The molecule has 2 heterocycles. The number of fused-ring (bicyclic) bond motifs is 6. The maximum Gasteiger partial charge on any atom is 0.212 e. The van der Waals surface area contributed by atoms with Gasteiger partial charge < -0.3 is 19.7 Å². The second kappa shape index (κ2) is 5.74. The Kier molecular flexibility index (Phi) is 2.97.